The number of benzene rings is 3. The van der Waals surface area contributed by atoms with E-state index in [9.17, 15) is 18.0 Å². The van der Waals surface area contributed by atoms with Gasteiger partial charge in [-0.05, 0) is 59.7 Å². The van der Waals surface area contributed by atoms with Crippen molar-refractivity contribution in [2.75, 3.05) is 20.2 Å². The van der Waals surface area contributed by atoms with Crippen molar-refractivity contribution in [3.8, 4) is 11.5 Å². The summed E-state index contributed by atoms with van der Waals surface area (Å²) in [5.74, 6) is 1.25. The monoisotopic (exact) mass is 490 g/mol. The molecule has 2 atom stereocenters. The van der Waals surface area contributed by atoms with Crippen LogP contribution in [0.15, 0.2) is 72.8 Å². The van der Waals surface area contributed by atoms with Crippen molar-refractivity contribution in [3.63, 3.8) is 0 Å². The molecule has 0 radical (unpaired) electrons. The fraction of sp³-hybridized carbons (Fsp3) is 0.240. The molecule has 34 heavy (non-hydrogen) atoms. The summed E-state index contributed by atoms with van der Waals surface area (Å²) in [7, 11) is 1.52. The molecule has 178 valence electrons. The van der Waals surface area contributed by atoms with Crippen LogP contribution in [-0.4, -0.2) is 31.1 Å². The molecule has 0 bridgehead atoms. The number of halogens is 4. The zero-order valence-electron chi connectivity index (χ0n) is 18.2. The van der Waals surface area contributed by atoms with Crippen LogP contribution >= 0.6 is 11.6 Å². The molecule has 3 aromatic carbocycles. The summed E-state index contributed by atoms with van der Waals surface area (Å²) in [5, 5.41) is 3.33. The van der Waals surface area contributed by atoms with Gasteiger partial charge in [0.05, 0.1) is 24.3 Å². The van der Waals surface area contributed by atoms with E-state index >= 15 is 0 Å². The minimum Gasteiger partial charge on any atom is -0.457 e. The maximum absolute atomic E-state index is 13.2. The van der Waals surface area contributed by atoms with Crippen molar-refractivity contribution in [2.45, 2.75) is 18.3 Å². The highest BCUT2D eigenvalue weighted by Crippen LogP contribution is 2.34. The summed E-state index contributed by atoms with van der Waals surface area (Å²) in [6, 6.07) is 18.3. The molecule has 1 saturated heterocycles. The molecule has 4 rings (SSSR count). The normalized spacial score (nSPS) is 16.9. The lowest BCUT2D eigenvalue weighted by atomic mass is 10.0. The molecule has 1 aliphatic heterocycles. The predicted octanol–water partition coefficient (Wildman–Crippen LogP) is 6.61. The first-order chi connectivity index (χ1) is 16.2. The zero-order chi connectivity index (χ0) is 24.3. The van der Waals surface area contributed by atoms with Crippen molar-refractivity contribution in [1.82, 2.24) is 10.2 Å². The number of nitrogens with zero attached hydrogens (tertiary/aromatic N) is 1. The van der Waals surface area contributed by atoms with Gasteiger partial charge in [0, 0.05) is 18.7 Å². The van der Waals surface area contributed by atoms with Crippen LogP contribution in [0.2, 0.25) is 5.02 Å². The van der Waals surface area contributed by atoms with Crippen molar-refractivity contribution in [3.05, 3.63) is 94.5 Å². The maximum Gasteiger partial charge on any atom is 0.416 e. The van der Waals surface area contributed by atoms with Gasteiger partial charge < -0.3 is 19.7 Å². The van der Waals surface area contributed by atoms with Gasteiger partial charge in [0.1, 0.15) is 11.5 Å². The smallest absolute Gasteiger partial charge is 0.416 e. The van der Waals surface area contributed by atoms with Crippen molar-refractivity contribution >= 4 is 17.6 Å². The van der Waals surface area contributed by atoms with Gasteiger partial charge in [-0.25, -0.2) is 4.79 Å². The van der Waals surface area contributed by atoms with Crippen molar-refractivity contribution in [1.29, 1.82) is 0 Å². The Morgan fingerprint density at radius 3 is 2.32 bits per heavy atom. The number of carbonyl (C=O) groups excluding carboxylic acids is 1. The first-order valence-electron chi connectivity index (χ1n) is 10.5. The Balaban J connectivity index is 1.49. The number of urea groups is 1. The molecular formula is C25H22ClF3N2O3. The minimum absolute atomic E-state index is 0.167. The number of hydrogen-bond acceptors (Lipinski definition) is 3. The Morgan fingerprint density at radius 1 is 1.06 bits per heavy atom. The highest BCUT2D eigenvalue weighted by molar-refractivity contribution is 6.30. The molecule has 0 aliphatic carbocycles. The number of nitrogens with one attached hydrogen (secondary N) is 1. The summed E-state index contributed by atoms with van der Waals surface area (Å²) in [6.45, 7) is 0.380. The Kier molecular flexibility index (Phi) is 7.00. The van der Waals surface area contributed by atoms with Crippen LogP contribution in [0.4, 0.5) is 18.0 Å². The summed E-state index contributed by atoms with van der Waals surface area (Å²) in [5.41, 5.74) is 0.465. The molecule has 2 amide bonds. The van der Waals surface area contributed by atoms with E-state index < -0.39 is 23.9 Å². The predicted molar refractivity (Wildman–Crippen MR) is 122 cm³/mol. The zero-order valence-corrected chi connectivity index (χ0v) is 18.9. The first-order valence-corrected chi connectivity index (χ1v) is 10.9. The third-order valence-electron chi connectivity index (χ3n) is 5.63. The standard InChI is InChI=1S/C25H22ClF3N2O3/c1-33-23(16-5-9-20(10-6-16)34-21-11-7-19(26)8-12-21)15-31-22(14-30-24(31)32)17-3-2-4-18(13-17)25(27,28)29/h2-13,22-23H,14-15H2,1H3,(H,30,32). The van der Waals surface area contributed by atoms with E-state index in [0.717, 1.165) is 17.7 Å². The Morgan fingerprint density at radius 2 is 1.71 bits per heavy atom. The number of hydrogen-bond donors (Lipinski definition) is 1. The molecule has 1 heterocycles. The number of amides is 2. The average Bonchev–Trinajstić information content (AvgIpc) is 3.19. The average molecular weight is 491 g/mol. The van der Waals surface area contributed by atoms with Gasteiger partial charge >= 0.3 is 12.2 Å². The number of carbonyl (C=O) groups is 1. The van der Waals surface area contributed by atoms with Crippen LogP contribution in [-0.2, 0) is 10.9 Å². The molecule has 1 N–H and O–H groups in total. The van der Waals surface area contributed by atoms with Gasteiger partial charge in [-0.1, -0.05) is 35.9 Å². The molecule has 9 heteroatoms. The Hall–Kier alpha value is -3.23. The third kappa shape index (κ3) is 5.46. The van der Waals surface area contributed by atoms with Crippen LogP contribution in [0.5, 0.6) is 11.5 Å². The number of alkyl halides is 3. The van der Waals surface area contributed by atoms with Gasteiger partial charge in [-0.2, -0.15) is 13.2 Å². The van der Waals surface area contributed by atoms with Gasteiger partial charge in [0.15, 0.2) is 0 Å². The highest BCUT2D eigenvalue weighted by atomic mass is 35.5. The van der Waals surface area contributed by atoms with Crippen LogP contribution in [0.3, 0.4) is 0 Å². The second kappa shape index (κ2) is 9.95. The molecular weight excluding hydrogens is 469 g/mol. The number of rotatable bonds is 7. The molecule has 0 saturated carbocycles. The number of methoxy groups -OCH3 is 1. The summed E-state index contributed by atoms with van der Waals surface area (Å²) >= 11 is 5.89. The van der Waals surface area contributed by atoms with Crippen LogP contribution in [0, 0.1) is 0 Å². The van der Waals surface area contributed by atoms with Gasteiger partial charge in [-0.3, -0.25) is 0 Å². The van der Waals surface area contributed by atoms with Crippen LogP contribution < -0.4 is 10.1 Å². The second-order valence-corrected chi connectivity index (χ2v) is 8.26. The van der Waals surface area contributed by atoms with E-state index in [-0.39, 0.29) is 19.1 Å². The summed E-state index contributed by atoms with van der Waals surface area (Å²) < 4.78 is 50.9. The number of ether oxygens (including phenoxy) is 2. The second-order valence-electron chi connectivity index (χ2n) is 7.83. The third-order valence-corrected chi connectivity index (χ3v) is 5.88. The molecule has 0 aromatic heterocycles. The van der Waals surface area contributed by atoms with E-state index in [1.54, 1.807) is 42.5 Å². The van der Waals surface area contributed by atoms with E-state index in [0.29, 0.717) is 22.1 Å². The largest absolute Gasteiger partial charge is 0.457 e. The molecule has 0 spiro atoms. The van der Waals surface area contributed by atoms with Crippen molar-refractivity contribution in [2.24, 2.45) is 0 Å². The van der Waals surface area contributed by atoms with Gasteiger partial charge in [-0.15, -0.1) is 0 Å². The summed E-state index contributed by atoms with van der Waals surface area (Å²) in [4.78, 5) is 14.0. The maximum atomic E-state index is 13.2. The topological polar surface area (TPSA) is 50.8 Å². The SMILES string of the molecule is COC(CN1C(=O)NCC1c1cccc(C(F)(F)F)c1)c1ccc(Oc2ccc(Cl)cc2)cc1. The molecule has 1 fully saturated rings. The fourth-order valence-electron chi connectivity index (χ4n) is 3.85. The van der Waals surface area contributed by atoms with E-state index in [2.05, 4.69) is 5.32 Å². The van der Waals surface area contributed by atoms with Crippen LogP contribution in [0.1, 0.15) is 28.8 Å². The lowest BCUT2D eigenvalue weighted by molar-refractivity contribution is -0.137. The first kappa shape index (κ1) is 23.9. The van der Waals surface area contributed by atoms with E-state index in [1.165, 1.54) is 18.1 Å². The fourth-order valence-corrected chi connectivity index (χ4v) is 3.98. The molecule has 1 aliphatic rings. The van der Waals surface area contributed by atoms with Gasteiger partial charge in [0.25, 0.3) is 0 Å². The molecule has 5 nitrogen and oxygen atoms in total. The van der Waals surface area contributed by atoms with Crippen molar-refractivity contribution < 1.29 is 27.4 Å². The minimum atomic E-state index is -4.46. The van der Waals surface area contributed by atoms with E-state index in [4.69, 9.17) is 21.1 Å². The lowest BCUT2D eigenvalue weighted by Crippen LogP contribution is -2.34. The highest BCUT2D eigenvalue weighted by Gasteiger charge is 2.36. The quantitative estimate of drug-likeness (QED) is 0.405. The molecule has 3 aromatic rings. The molecule has 2 unspecified atom stereocenters. The van der Waals surface area contributed by atoms with Gasteiger partial charge in [0.2, 0.25) is 0 Å². The summed E-state index contributed by atoms with van der Waals surface area (Å²) in [6.07, 6.45) is -4.94. The van der Waals surface area contributed by atoms with E-state index in [1.807, 2.05) is 12.1 Å². The van der Waals surface area contributed by atoms with Crippen LogP contribution in [0.25, 0.3) is 0 Å². The Labute approximate surface area is 200 Å². The lowest BCUT2D eigenvalue weighted by Gasteiger charge is -2.28. The Bertz CT molecular complexity index is 1140.